The fourth-order valence-corrected chi connectivity index (χ4v) is 2.01. The van der Waals surface area contributed by atoms with Gasteiger partial charge < -0.3 is 11.1 Å². The summed E-state index contributed by atoms with van der Waals surface area (Å²) >= 11 is 3.06. The molecule has 2 rings (SSSR count). The van der Waals surface area contributed by atoms with Gasteiger partial charge in [-0.3, -0.25) is 4.79 Å². The molecule has 0 saturated heterocycles. The number of carbonyl (C=O) groups excluding carboxylic acids is 1. The van der Waals surface area contributed by atoms with Crippen LogP contribution < -0.4 is 11.1 Å². The molecule has 0 aliphatic carbocycles. The van der Waals surface area contributed by atoms with Gasteiger partial charge >= 0.3 is 0 Å². The molecule has 0 atom stereocenters. The number of carbonyl (C=O) groups is 1. The van der Waals surface area contributed by atoms with Crippen molar-refractivity contribution in [3.8, 4) is 0 Å². The maximum atomic E-state index is 13.5. The van der Waals surface area contributed by atoms with Crippen LogP contribution in [0.4, 0.5) is 28.9 Å². The van der Waals surface area contributed by atoms with E-state index in [4.69, 9.17) is 5.73 Å². The van der Waals surface area contributed by atoms with Gasteiger partial charge in [0, 0.05) is 16.2 Å². The lowest BCUT2D eigenvalue weighted by Crippen LogP contribution is -2.16. The summed E-state index contributed by atoms with van der Waals surface area (Å²) in [6, 6.07) is 4.23. The van der Waals surface area contributed by atoms with Crippen LogP contribution in [0.25, 0.3) is 0 Å². The molecule has 0 heterocycles. The fraction of sp³-hybridized carbons (Fsp3) is 0. The molecule has 0 fully saturated rings. The topological polar surface area (TPSA) is 55.1 Å². The van der Waals surface area contributed by atoms with Gasteiger partial charge in [-0.2, -0.15) is 0 Å². The maximum absolute atomic E-state index is 13.5. The van der Waals surface area contributed by atoms with Gasteiger partial charge in [0.15, 0.2) is 23.3 Å². The Labute approximate surface area is 124 Å². The molecule has 2 aromatic rings. The van der Waals surface area contributed by atoms with Crippen LogP contribution in [-0.4, -0.2) is 5.91 Å². The monoisotopic (exact) mass is 362 g/mol. The Hall–Kier alpha value is -2.09. The number of hydrogen-bond donors (Lipinski definition) is 2. The molecule has 8 heteroatoms. The summed E-state index contributed by atoms with van der Waals surface area (Å²) in [6.07, 6.45) is 0. The lowest BCUT2D eigenvalue weighted by Gasteiger charge is -2.10. The maximum Gasteiger partial charge on any atom is 0.257 e. The molecular formula is C13H7BrF4N2O. The van der Waals surface area contributed by atoms with Crippen molar-refractivity contribution in [2.45, 2.75) is 0 Å². The summed E-state index contributed by atoms with van der Waals surface area (Å²) in [5.41, 5.74) is 4.48. The summed E-state index contributed by atoms with van der Waals surface area (Å²) in [6.45, 7) is 0. The van der Waals surface area contributed by atoms with Crippen molar-refractivity contribution in [2.75, 3.05) is 11.1 Å². The second-order valence-electron chi connectivity index (χ2n) is 4.04. The number of hydrogen-bond acceptors (Lipinski definition) is 2. The average Bonchev–Trinajstić information content (AvgIpc) is 2.43. The van der Waals surface area contributed by atoms with Crippen LogP contribution in [0.1, 0.15) is 10.4 Å². The highest BCUT2D eigenvalue weighted by atomic mass is 79.9. The molecule has 3 nitrogen and oxygen atoms in total. The minimum absolute atomic E-state index is 0.0431. The van der Waals surface area contributed by atoms with E-state index in [1.165, 1.54) is 18.2 Å². The van der Waals surface area contributed by atoms with Crippen molar-refractivity contribution in [2.24, 2.45) is 0 Å². The smallest absolute Gasteiger partial charge is 0.257 e. The van der Waals surface area contributed by atoms with E-state index in [0.29, 0.717) is 4.47 Å². The lowest BCUT2D eigenvalue weighted by molar-refractivity contribution is 0.102. The zero-order valence-corrected chi connectivity index (χ0v) is 11.8. The van der Waals surface area contributed by atoms with Gasteiger partial charge in [0.25, 0.3) is 5.91 Å². The first-order chi connectivity index (χ1) is 9.81. The van der Waals surface area contributed by atoms with Crippen LogP contribution in [0.15, 0.2) is 28.7 Å². The van der Waals surface area contributed by atoms with Crippen molar-refractivity contribution in [1.29, 1.82) is 0 Å². The molecule has 0 aliphatic rings. The van der Waals surface area contributed by atoms with Crippen molar-refractivity contribution >= 4 is 33.2 Å². The standard InChI is InChI=1S/C13H7BrF4N2O/c14-7-2-1-5(19)3-6(7)13(21)20-12-10(17)8(15)4-9(16)11(12)18/h1-4H,19H2,(H,20,21). The van der Waals surface area contributed by atoms with Crippen molar-refractivity contribution in [3.63, 3.8) is 0 Å². The molecule has 2 aromatic carbocycles. The van der Waals surface area contributed by atoms with Crippen LogP contribution in [0.5, 0.6) is 0 Å². The third-order valence-corrected chi connectivity index (χ3v) is 3.28. The van der Waals surface area contributed by atoms with Crippen molar-refractivity contribution in [1.82, 2.24) is 0 Å². The molecule has 110 valence electrons. The van der Waals surface area contributed by atoms with E-state index in [1.807, 2.05) is 0 Å². The predicted molar refractivity (Wildman–Crippen MR) is 72.8 cm³/mol. The Morgan fingerprint density at radius 3 is 2.19 bits per heavy atom. The lowest BCUT2D eigenvalue weighted by atomic mass is 10.2. The normalized spacial score (nSPS) is 10.5. The van der Waals surface area contributed by atoms with Crippen LogP contribution >= 0.6 is 15.9 Å². The first-order valence-corrected chi connectivity index (χ1v) is 6.30. The third-order valence-electron chi connectivity index (χ3n) is 2.59. The number of rotatable bonds is 2. The molecule has 0 unspecified atom stereocenters. The average molecular weight is 363 g/mol. The SMILES string of the molecule is Nc1ccc(Br)c(C(=O)Nc2c(F)c(F)cc(F)c2F)c1. The highest BCUT2D eigenvalue weighted by Gasteiger charge is 2.22. The molecule has 0 aromatic heterocycles. The summed E-state index contributed by atoms with van der Waals surface area (Å²) in [4.78, 5) is 11.9. The van der Waals surface area contributed by atoms with E-state index in [-0.39, 0.29) is 17.3 Å². The van der Waals surface area contributed by atoms with Crippen LogP contribution in [-0.2, 0) is 0 Å². The Kier molecular flexibility index (Phi) is 4.17. The summed E-state index contributed by atoms with van der Waals surface area (Å²) in [5.74, 6) is -7.59. The molecule has 0 bridgehead atoms. The zero-order chi connectivity index (χ0) is 15.7. The highest BCUT2D eigenvalue weighted by Crippen LogP contribution is 2.26. The van der Waals surface area contributed by atoms with Gasteiger partial charge in [-0.15, -0.1) is 0 Å². The van der Waals surface area contributed by atoms with Gasteiger partial charge in [0.1, 0.15) is 5.69 Å². The van der Waals surface area contributed by atoms with Crippen molar-refractivity contribution in [3.05, 3.63) is 57.6 Å². The van der Waals surface area contributed by atoms with Crippen molar-refractivity contribution < 1.29 is 22.4 Å². The van der Waals surface area contributed by atoms with E-state index in [2.05, 4.69) is 15.9 Å². The third kappa shape index (κ3) is 2.99. The summed E-state index contributed by atoms with van der Waals surface area (Å²) < 4.78 is 53.3. The van der Waals surface area contributed by atoms with E-state index in [1.54, 1.807) is 5.32 Å². The Balaban J connectivity index is 2.43. The number of nitrogen functional groups attached to an aromatic ring is 1. The van der Waals surface area contributed by atoms with Gasteiger partial charge in [0.05, 0.1) is 5.56 Å². The molecule has 0 spiro atoms. The number of benzene rings is 2. The molecule has 1 amide bonds. The second-order valence-corrected chi connectivity index (χ2v) is 4.89. The zero-order valence-electron chi connectivity index (χ0n) is 10.2. The molecule has 21 heavy (non-hydrogen) atoms. The first kappa shape index (κ1) is 15.3. The second kappa shape index (κ2) is 5.72. The number of halogens is 5. The Morgan fingerprint density at radius 1 is 1.05 bits per heavy atom. The minimum Gasteiger partial charge on any atom is -0.399 e. The quantitative estimate of drug-likeness (QED) is 0.484. The Bertz CT molecular complexity index is 710. The summed E-state index contributed by atoms with van der Waals surface area (Å²) in [7, 11) is 0. The largest absolute Gasteiger partial charge is 0.399 e. The van der Waals surface area contributed by atoms with Crippen LogP contribution in [0, 0.1) is 23.3 Å². The van der Waals surface area contributed by atoms with Crippen LogP contribution in [0.3, 0.4) is 0 Å². The van der Waals surface area contributed by atoms with Gasteiger partial charge in [-0.25, -0.2) is 17.6 Å². The molecule has 3 N–H and O–H groups in total. The van der Waals surface area contributed by atoms with Gasteiger partial charge in [0.2, 0.25) is 0 Å². The number of nitrogens with one attached hydrogen (secondary N) is 1. The van der Waals surface area contributed by atoms with Gasteiger partial charge in [-0.1, -0.05) is 0 Å². The van der Waals surface area contributed by atoms with Crippen LogP contribution in [0.2, 0.25) is 0 Å². The number of nitrogens with two attached hydrogens (primary N) is 1. The van der Waals surface area contributed by atoms with E-state index in [0.717, 1.165) is 0 Å². The molecule has 0 radical (unpaired) electrons. The minimum atomic E-state index is -1.69. The molecular weight excluding hydrogens is 356 g/mol. The fourth-order valence-electron chi connectivity index (χ4n) is 1.58. The number of anilines is 2. The van der Waals surface area contributed by atoms with E-state index >= 15 is 0 Å². The summed E-state index contributed by atoms with van der Waals surface area (Å²) in [5, 5.41) is 1.79. The Morgan fingerprint density at radius 2 is 1.62 bits per heavy atom. The van der Waals surface area contributed by atoms with E-state index < -0.39 is 34.9 Å². The predicted octanol–water partition coefficient (Wildman–Crippen LogP) is 3.84. The van der Waals surface area contributed by atoms with E-state index in [9.17, 15) is 22.4 Å². The first-order valence-electron chi connectivity index (χ1n) is 5.50. The molecule has 0 saturated carbocycles. The van der Waals surface area contributed by atoms with Gasteiger partial charge in [-0.05, 0) is 34.1 Å². The number of amides is 1. The highest BCUT2D eigenvalue weighted by molar-refractivity contribution is 9.10. The molecule has 0 aliphatic heterocycles.